The van der Waals surface area contributed by atoms with E-state index in [1.54, 1.807) is 6.07 Å². The maximum absolute atomic E-state index is 9.11. The number of hydrogen-bond donors (Lipinski definition) is 1. The van der Waals surface area contributed by atoms with E-state index in [-0.39, 0.29) is 6.10 Å². The monoisotopic (exact) mass is 209 g/mol. The molecule has 0 saturated carbocycles. The number of halogens is 1. The van der Waals surface area contributed by atoms with Crippen LogP contribution in [0.15, 0.2) is 12.3 Å². The fourth-order valence-corrected chi connectivity index (χ4v) is 1.64. The minimum Gasteiger partial charge on any atom is -0.389 e. The molecule has 0 unspecified atom stereocenters. The number of rotatable bonds is 1. The van der Waals surface area contributed by atoms with Crippen LogP contribution in [0.5, 0.6) is 0 Å². The quantitative estimate of drug-likeness (QED) is 0.743. The highest BCUT2D eigenvalue weighted by atomic mass is 35.5. The average molecular weight is 210 g/mol. The van der Waals surface area contributed by atoms with Crippen LogP contribution in [0.3, 0.4) is 0 Å². The summed E-state index contributed by atoms with van der Waals surface area (Å²) in [6.07, 6.45) is 1.19. The molecule has 2 rings (SSSR count). The summed E-state index contributed by atoms with van der Waals surface area (Å²) in [6.45, 7) is 1.11. The molecule has 0 aromatic carbocycles. The van der Waals surface area contributed by atoms with Gasteiger partial charge < -0.3 is 10.0 Å². The first-order chi connectivity index (χ1) is 6.70. The van der Waals surface area contributed by atoms with Gasteiger partial charge in [0.05, 0.1) is 16.7 Å². The predicted molar refractivity (Wildman–Crippen MR) is 52.2 cm³/mol. The van der Waals surface area contributed by atoms with Crippen LogP contribution >= 0.6 is 11.6 Å². The third-order valence-corrected chi connectivity index (χ3v) is 2.39. The second-order valence-electron chi connectivity index (χ2n) is 3.20. The summed E-state index contributed by atoms with van der Waals surface area (Å²) in [5.41, 5.74) is 0.444. The van der Waals surface area contributed by atoms with Gasteiger partial charge in [0.2, 0.25) is 0 Å². The van der Waals surface area contributed by atoms with Crippen LogP contribution in [-0.4, -0.2) is 29.3 Å². The topological polar surface area (TPSA) is 60.2 Å². The molecule has 4 nitrogen and oxygen atoms in total. The van der Waals surface area contributed by atoms with Crippen molar-refractivity contribution < 1.29 is 5.11 Å². The minimum atomic E-state index is -0.288. The van der Waals surface area contributed by atoms with Crippen LogP contribution in [0.4, 0.5) is 5.82 Å². The molecule has 1 aliphatic rings. The molecule has 14 heavy (non-hydrogen) atoms. The van der Waals surface area contributed by atoms with E-state index in [0.717, 1.165) is 0 Å². The smallest absolute Gasteiger partial charge is 0.147 e. The molecule has 1 saturated heterocycles. The molecular weight excluding hydrogens is 202 g/mol. The highest BCUT2D eigenvalue weighted by Crippen LogP contribution is 2.27. The van der Waals surface area contributed by atoms with Gasteiger partial charge >= 0.3 is 0 Å². The molecule has 1 fully saturated rings. The lowest BCUT2D eigenvalue weighted by atomic mass is 10.1. The molecule has 0 amide bonds. The summed E-state index contributed by atoms with van der Waals surface area (Å²) in [4.78, 5) is 5.94. The third kappa shape index (κ3) is 1.52. The summed E-state index contributed by atoms with van der Waals surface area (Å²) in [7, 11) is 0. The Morgan fingerprint density at radius 2 is 2.36 bits per heavy atom. The first-order valence-corrected chi connectivity index (χ1v) is 4.57. The number of aliphatic hydroxyl groups is 1. The molecular formula is C9H8ClN3O. The summed E-state index contributed by atoms with van der Waals surface area (Å²) < 4.78 is 0. The van der Waals surface area contributed by atoms with Crippen molar-refractivity contribution in [1.82, 2.24) is 4.98 Å². The van der Waals surface area contributed by atoms with Crippen LogP contribution < -0.4 is 4.90 Å². The van der Waals surface area contributed by atoms with Crippen molar-refractivity contribution in [3.63, 3.8) is 0 Å². The lowest BCUT2D eigenvalue weighted by Crippen LogP contribution is -2.51. The molecule has 0 aliphatic carbocycles. The summed E-state index contributed by atoms with van der Waals surface area (Å²) in [6, 6.07) is 3.54. The molecule has 2 heterocycles. The van der Waals surface area contributed by atoms with Crippen molar-refractivity contribution in [1.29, 1.82) is 5.26 Å². The second kappa shape index (κ2) is 3.45. The maximum atomic E-state index is 9.11. The van der Waals surface area contributed by atoms with Crippen molar-refractivity contribution in [2.75, 3.05) is 18.0 Å². The van der Waals surface area contributed by atoms with Gasteiger partial charge in [-0.25, -0.2) is 4.98 Å². The van der Waals surface area contributed by atoms with Crippen molar-refractivity contribution in [3.8, 4) is 6.07 Å². The summed E-state index contributed by atoms with van der Waals surface area (Å²) in [5, 5.41) is 18.2. The molecule has 72 valence electrons. The molecule has 0 atom stereocenters. The van der Waals surface area contributed by atoms with Gasteiger partial charge in [0.25, 0.3) is 0 Å². The van der Waals surface area contributed by atoms with E-state index in [1.165, 1.54) is 6.20 Å². The van der Waals surface area contributed by atoms with Crippen LogP contribution in [0.2, 0.25) is 5.02 Å². The van der Waals surface area contributed by atoms with Crippen LogP contribution in [0.1, 0.15) is 5.56 Å². The molecule has 5 heteroatoms. The Morgan fingerprint density at radius 3 is 2.86 bits per heavy atom. The zero-order valence-electron chi connectivity index (χ0n) is 7.31. The third-order valence-electron chi connectivity index (χ3n) is 2.11. The van der Waals surface area contributed by atoms with E-state index in [2.05, 4.69) is 4.98 Å². The Kier molecular flexibility index (Phi) is 2.28. The van der Waals surface area contributed by atoms with Crippen LogP contribution in [0.25, 0.3) is 0 Å². The zero-order chi connectivity index (χ0) is 10.1. The van der Waals surface area contributed by atoms with Crippen molar-refractivity contribution in [2.24, 2.45) is 0 Å². The van der Waals surface area contributed by atoms with Gasteiger partial charge in [-0.2, -0.15) is 5.26 Å². The first kappa shape index (κ1) is 9.25. The second-order valence-corrected chi connectivity index (χ2v) is 3.61. The number of hydrogen-bond acceptors (Lipinski definition) is 4. The number of pyridine rings is 1. The van der Waals surface area contributed by atoms with E-state index >= 15 is 0 Å². The lowest BCUT2D eigenvalue weighted by Gasteiger charge is -2.37. The Morgan fingerprint density at radius 1 is 1.64 bits per heavy atom. The van der Waals surface area contributed by atoms with E-state index in [1.807, 2.05) is 11.0 Å². The number of nitrogens with zero attached hydrogens (tertiary/aromatic N) is 3. The number of nitriles is 1. The van der Waals surface area contributed by atoms with E-state index in [0.29, 0.717) is 29.5 Å². The molecule has 1 aromatic rings. The van der Waals surface area contributed by atoms with E-state index in [4.69, 9.17) is 22.0 Å². The van der Waals surface area contributed by atoms with Gasteiger partial charge in [-0.15, -0.1) is 0 Å². The zero-order valence-corrected chi connectivity index (χ0v) is 8.07. The SMILES string of the molecule is N#Cc1cnc(N2CC(O)C2)c(Cl)c1. The van der Waals surface area contributed by atoms with Gasteiger partial charge in [0, 0.05) is 19.3 Å². The van der Waals surface area contributed by atoms with Crippen molar-refractivity contribution in [2.45, 2.75) is 6.10 Å². The minimum absolute atomic E-state index is 0.288. The molecule has 1 N–H and O–H groups in total. The fraction of sp³-hybridized carbons (Fsp3) is 0.333. The largest absolute Gasteiger partial charge is 0.389 e. The van der Waals surface area contributed by atoms with Gasteiger partial charge in [-0.05, 0) is 6.07 Å². The van der Waals surface area contributed by atoms with Gasteiger partial charge in [-0.3, -0.25) is 0 Å². The molecule has 1 aromatic heterocycles. The van der Waals surface area contributed by atoms with Crippen LogP contribution in [0, 0.1) is 11.3 Å². The standard InChI is InChI=1S/C9H8ClN3O/c10-8-1-6(2-11)3-12-9(8)13-4-7(14)5-13/h1,3,7,14H,4-5H2. The number of anilines is 1. The van der Waals surface area contributed by atoms with Gasteiger partial charge in [0.15, 0.2) is 0 Å². The summed E-state index contributed by atoms with van der Waals surface area (Å²) >= 11 is 5.93. The Hall–Kier alpha value is -1.31. The van der Waals surface area contributed by atoms with Crippen molar-refractivity contribution >= 4 is 17.4 Å². The fourth-order valence-electron chi connectivity index (χ4n) is 1.35. The Bertz CT molecular complexity index is 396. The number of β-amino-alcohol motifs (C(OH)–C–C–N with tert-alkyl or cyclic N) is 1. The Labute approximate surface area is 86.4 Å². The maximum Gasteiger partial charge on any atom is 0.147 e. The normalized spacial score (nSPS) is 16.2. The van der Waals surface area contributed by atoms with Gasteiger partial charge in [-0.1, -0.05) is 11.6 Å². The first-order valence-electron chi connectivity index (χ1n) is 4.19. The Balaban J connectivity index is 2.24. The highest BCUT2D eigenvalue weighted by molar-refractivity contribution is 6.33. The summed E-state index contributed by atoms with van der Waals surface area (Å²) in [5.74, 6) is 0.635. The number of aliphatic hydroxyl groups excluding tert-OH is 1. The molecule has 0 spiro atoms. The molecule has 0 bridgehead atoms. The average Bonchev–Trinajstić information content (AvgIpc) is 2.13. The predicted octanol–water partition coefficient (Wildman–Crippen LogP) is 0.788. The van der Waals surface area contributed by atoms with E-state index in [9.17, 15) is 0 Å². The van der Waals surface area contributed by atoms with E-state index < -0.39 is 0 Å². The molecule has 1 aliphatic heterocycles. The van der Waals surface area contributed by atoms with Gasteiger partial charge in [0.1, 0.15) is 11.9 Å². The van der Waals surface area contributed by atoms with Crippen molar-refractivity contribution in [3.05, 3.63) is 22.8 Å². The number of aromatic nitrogens is 1. The lowest BCUT2D eigenvalue weighted by molar-refractivity contribution is 0.141. The molecule has 0 radical (unpaired) electrons. The highest BCUT2D eigenvalue weighted by Gasteiger charge is 2.27. The van der Waals surface area contributed by atoms with Crippen LogP contribution in [-0.2, 0) is 0 Å².